The van der Waals surface area contributed by atoms with Crippen LogP contribution in [0, 0.1) is 0 Å². The number of fused-ring (bicyclic) bond motifs is 1. The fourth-order valence-electron chi connectivity index (χ4n) is 0.906. The van der Waals surface area contributed by atoms with Crippen LogP contribution in [0.15, 0.2) is 35.7 Å². The second-order valence-corrected chi connectivity index (χ2v) is 2.91. The Balaban J connectivity index is 0.000000281. The average molecular weight is 182 g/mol. The number of hydrogen-bond acceptors (Lipinski definition) is 1. The molecule has 0 spiro atoms. The lowest BCUT2D eigenvalue weighted by Crippen LogP contribution is -1.56. The molecule has 0 amide bonds. The van der Waals surface area contributed by atoms with Crippen molar-refractivity contribution in [1.82, 2.24) is 0 Å². The maximum absolute atomic E-state index is 2.42. The highest BCUT2D eigenvalue weighted by atomic mass is 32.1. The Morgan fingerprint density at radius 3 is 2.55 bits per heavy atom. The summed E-state index contributed by atoms with van der Waals surface area (Å²) in [5.41, 5.74) is 0. The monoisotopic (exact) mass is 182 g/mol. The zero-order chi connectivity index (χ0) is 8.10. The van der Waals surface area contributed by atoms with Gasteiger partial charge in [0.2, 0.25) is 0 Å². The van der Waals surface area contributed by atoms with E-state index in [9.17, 15) is 0 Å². The smallest absolute Gasteiger partial charge is 0.0342 e. The summed E-state index contributed by atoms with van der Waals surface area (Å²) < 4.78 is 1.37. The van der Waals surface area contributed by atoms with Gasteiger partial charge in [-0.2, -0.15) is 0 Å². The third-order valence-electron chi connectivity index (χ3n) is 1.36. The second-order valence-electron chi connectivity index (χ2n) is 1.96. The summed E-state index contributed by atoms with van der Waals surface area (Å²) >= 11 is 1.79. The number of thiophene rings is 1. The van der Waals surface area contributed by atoms with E-state index in [1.54, 1.807) is 11.3 Å². The van der Waals surface area contributed by atoms with Crippen LogP contribution in [0.5, 0.6) is 0 Å². The van der Waals surface area contributed by atoms with Crippen LogP contribution in [0.1, 0.15) is 0 Å². The molecule has 0 aliphatic rings. The van der Waals surface area contributed by atoms with Gasteiger partial charge in [-0.1, -0.05) is 24.9 Å². The summed E-state index contributed by atoms with van der Waals surface area (Å²) in [5.74, 6) is 0. The average Bonchev–Trinajstić information content (AvgIpc) is 2.55. The van der Waals surface area contributed by atoms with Crippen LogP contribution in [-0.2, 0) is 0 Å². The third kappa shape index (κ3) is 2.02. The molecule has 0 radical (unpaired) electrons. The molecular formula is C9H11PS. The van der Waals surface area contributed by atoms with Gasteiger partial charge in [0.25, 0.3) is 0 Å². The second kappa shape index (κ2) is 4.48. The van der Waals surface area contributed by atoms with Crippen LogP contribution in [0.3, 0.4) is 0 Å². The fraction of sp³-hybridized carbons (Fsp3) is 0.111. The van der Waals surface area contributed by atoms with Crippen molar-refractivity contribution in [3.63, 3.8) is 0 Å². The Bertz CT molecular complexity index is 284. The molecule has 2 aromatic rings. The quantitative estimate of drug-likeness (QED) is 0.548. The molecule has 0 aliphatic carbocycles. The molecule has 0 bridgehead atoms. The van der Waals surface area contributed by atoms with Gasteiger partial charge >= 0.3 is 0 Å². The van der Waals surface area contributed by atoms with E-state index in [1.165, 1.54) is 10.1 Å². The van der Waals surface area contributed by atoms with Crippen LogP contribution in [-0.4, -0.2) is 6.66 Å². The minimum atomic E-state index is 1.35. The minimum absolute atomic E-state index is 1.35. The largest absolute Gasteiger partial charge is 0.144 e. The predicted octanol–water partition coefficient (Wildman–Crippen LogP) is 3.39. The van der Waals surface area contributed by atoms with E-state index in [0.717, 1.165) is 0 Å². The lowest BCUT2D eigenvalue weighted by Gasteiger charge is -1.82. The highest BCUT2D eigenvalue weighted by Gasteiger charge is 1.87. The van der Waals surface area contributed by atoms with E-state index < -0.39 is 0 Å². The van der Waals surface area contributed by atoms with Crippen molar-refractivity contribution in [1.29, 1.82) is 0 Å². The molecule has 0 nitrogen and oxygen atoms in total. The molecule has 0 N–H and O–H groups in total. The molecule has 0 aliphatic heterocycles. The van der Waals surface area contributed by atoms with Gasteiger partial charge in [0.1, 0.15) is 0 Å². The maximum atomic E-state index is 2.42. The summed E-state index contributed by atoms with van der Waals surface area (Å²) in [6, 6.07) is 10.5. The van der Waals surface area contributed by atoms with E-state index in [4.69, 9.17) is 0 Å². The molecule has 58 valence electrons. The van der Waals surface area contributed by atoms with Crippen LogP contribution < -0.4 is 0 Å². The van der Waals surface area contributed by atoms with Gasteiger partial charge in [0, 0.05) is 4.70 Å². The van der Waals surface area contributed by atoms with E-state index in [1.807, 2.05) is 6.66 Å². The van der Waals surface area contributed by atoms with Gasteiger partial charge in [0.15, 0.2) is 0 Å². The van der Waals surface area contributed by atoms with Crippen molar-refractivity contribution in [2.45, 2.75) is 0 Å². The van der Waals surface area contributed by atoms with Gasteiger partial charge in [-0.25, -0.2) is 0 Å². The molecule has 0 saturated carbocycles. The highest BCUT2D eigenvalue weighted by molar-refractivity contribution is 7.17. The van der Waals surface area contributed by atoms with Crippen LogP contribution >= 0.6 is 20.6 Å². The van der Waals surface area contributed by atoms with Gasteiger partial charge < -0.3 is 0 Å². The van der Waals surface area contributed by atoms with Crippen molar-refractivity contribution in [3.8, 4) is 0 Å². The molecule has 2 rings (SSSR count). The molecule has 0 saturated heterocycles. The first-order valence-corrected chi connectivity index (χ1v) is 5.50. The topological polar surface area (TPSA) is 0 Å². The highest BCUT2D eigenvalue weighted by Crippen LogP contribution is 2.18. The van der Waals surface area contributed by atoms with E-state index in [2.05, 4.69) is 45.0 Å². The normalized spacial score (nSPS) is 8.91. The number of benzene rings is 1. The summed E-state index contributed by atoms with van der Waals surface area (Å²) in [6.07, 6.45) is 0. The number of rotatable bonds is 0. The number of hydrogen-bond donors (Lipinski definition) is 0. The van der Waals surface area contributed by atoms with Crippen molar-refractivity contribution in [2.24, 2.45) is 0 Å². The lowest BCUT2D eigenvalue weighted by molar-refractivity contribution is 1.86. The van der Waals surface area contributed by atoms with Crippen molar-refractivity contribution in [2.75, 3.05) is 6.66 Å². The summed E-state index contributed by atoms with van der Waals surface area (Å²) in [7, 11) is 2.42. The standard InChI is InChI=1S/C8H6S.CH5P/c1-2-4-8-7(3-1)5-6-9-8;1-2/h1-6H;2H2,1H3. The van der Waals surface area contributed by atoms with Gasteiger partial charge in [-0.15, -0.1) is 20.6 Å². The summed E-state index contributed by atoms with van der Waals surface area (Å²) in [6.45, 7) is 1.92. The summed E-state index contributed by atoms with van der Waals surface area (Å²) in [5, 5.41) is 3.47. The van der Waals surface area contributed by atoms with Gasteiger partial charge in [-0.05, 0) is 22.9 Å². The Morgan fingerprint density at radius 2 is 1.82 bits per heavy atom. The molecule has 0 fully saturated rings. The lowest BCUT2D eigenvalue weighted by atomic mass is 10.3. The SMILES string of the molecule is CP.c1ccc2sccc2c1. The first kappa shape index (κ1) is 8.70. The Labute approximate surface area is 73.5 Å². The Kier molecular flexibility index (Phi) is 3.55. The molecule has 11 heavy (non-hydrogen) atoms. The van der Waals surface area contributed by atoms with Crippen molar-refractivity contribution < 1.29 is 0 Å². The van der Waals surface area contributed by atoms with Gasteiger partial charge in [-0.3, -0.25) is 0 Å². The fourth-order valence-corrected chi connectivity index (χ4v) is 1.70. The minimum Gasteiger partial charge on any atom is -0.144 e. The summed E-state index contributed by atoms with van der Waals surface area (Å²) in [4.78, 5) is 0. The third-order valence-corrected chi connectivity index (χ3v) is 2.26. The van der Waals surface area contributed by atoms with Crippen molar-refractivity contribution in [3.05, 3.63) is 35.7 Å². The predicted molar refractivity (Wildman–Crippen MR) is 57.5 cm³/mol. The molecule has 1 aromatic heterocycles. The first-order chi connectivity index (χ1) is 5.47. The van der Waals surface area contributed by atoms with E-state index in [-0.39, 0.29) is 0 Å². The zero-order valence-electron chi connectivity index (χ0n) is 6.45. The van der Waals surface area contributed by atoms with E-state index in [0.29, 0.717) is 0 Å². The molecule has 1 atom stereocenters. The molecule has 1 heterocycles. The van der Waals surface area contributed by atoms with Crippen LogP contribution in [0.2, 0.25) is 0 Å². The molecule has 2 heteroatoms. The molecular weight excluding hydrogens is 171 g/mol. The molecule has 1 aromatic carbocycles. The molecule has 1 unspecified atom stereocenters. The maximum Gasteiger partial charge on any atom is 0.0342 e. The zero-order valence-corrected chi connectivity index (χ0v) is 8.42. The first-order valence-electron chi connectivity index (χ1n) is 3.47. The van der Waals surface area contributed by atoms with Crippen molar-refractivity contribution >= 4 is 30.7 Å². The van der Waals surface area contributed by atoms with Crippen LogP contribution in [0.4, 0.5) is 0 Å². The van der Waals surface area contributed by atoms with E-state index >= 15 is 0 Å². The Hall–Kier alpha value is -0.390. The Morgan fingerprint density at radius 1 is 1.09 bits per heavy atom. The van der Waals surface area contributed by atoms with Gasteiger partial charge in [0.05, 0.1) is 0 Å². The van der Waals surface area contributed by atoms with Crippen LogP contribution in [0.25, 0.3) is 10.1 Å².